The number of hydrogen-bond donors (Lipinski definition) is 0. The highest BCUT2D eigenvalue weighted by Crippen LogP contribution is 2.44. The Labute approximate surface area is 141 Å². The van der Waals surface area contributed by atoms with E-state index in [0.717, 1.165) is 23.2 Å². The van der Waals surface area contributed by atoms with E-state index in [1.54, 1.807) is 12.1 Å². The summed E-state index contributed by atoms with van der Waals surface area (Å²) < 4.78 is 13.6. The molecule has 1 aromatic rings. The van der Waals surface area contributed by atoms with Crippen LogP contribution in [-0.2, 0) is 6.42 Å². The SMILES string of the molecule is CCCCC1CCC(CBr)(Cc2ccc(Cl)c(F)c2)CC1. The molecule has 1 saturated carbocycles. The second kappa shape index (κ2) is 7.97. The van der Waals surface area contributed by atoms with E-state index in [-0.39, 0.29) is 10.8 Å². The van der Waals surface area contributed by atoms with Crippen molar-refractivity contribution in [3.8, 4) is 0 Å². The Morgan fingerprint density at radius 3 is 2.62 bits per heavy atom. The van der Waals surface area contributed by atoms with Gasteiger partial charge in [0, 0.05) is 5.33 Å². The average Bonchev–Trinajstić information content (AvgIpc) is 2.50. The normalized spacial score (nSPS) is 26.0. The number of rotatable bonds is 6. The molecule has 2 rings (SSSR count). The molecule has 1 aromatic carbocycles. The van der Waals surface area contributed by atoms with Gasteiger partial charge in [-0.05, 0) is 61.1 Å². The van der Waals surface area contributed by atoms with E-state index in [9.17, 15) is 4.39 Å². The molecule has 0 aliphatic heterocycles. The van der Waals surface area contributed by atoms with Crippen LogP contribution in [-0.4, -0.2) is 5.33 Å². The zero-order chi connectivity index (χ0) is 15.3. The van der Waals surface area contributed by atoms with Crippen molar-refractivity contribution >= 4 is 27.5 Å². The fourth-order valence-corrected chi connectivity index (χ4v) is 4.39. The fraction of sp³-hybridized carbons (Fsp3) is 0.667. The Bertz CT molecular complexity index is 453. The minimum atomic E-state index is -0.296. The van der Waals surface area contributed by atoms with Crippen molar-refractivity contribution in [2.24, 2.45) is 11.3 Å². The molecular weight excluding hydrogens is 351 g/mol. The smallest absolute Gasteiger partial charge is 0.142 e. The van der Waals surface area contributed by atoms with Crippen molar-refractivity contribution in [3.05, 3.63) is 34.6 Å². The second-order valence-electron chi connectivity index (χ2n) is 6.64. The predicted molar refractivity (Wildman–Crippen MR) is 92.8 cm³/mol. The molecule has 0 unspecified atom stereocenters. The minimum Gasteiger partial charge on any atom is -0.205 e. The fourth-order valence-electron chi connectivity index (χ4n) is 3.51. The Kier molecular flexibility index (Phi) is 6.55. The van der Waals surface area contributed by atoms with Gasteiger partial charge in [0.05, 0.1) is 5.02 Å². The molecule has 0 saturated heterocycles. The van der Waals surface area contributed by atoms with Gasteiger partial charge >= 0.3 is 0 Å². The third kappa shape index (κ3) is 4.69. The molecule has 118 valence electrons. The van der Waals surface area contributed by atoms with E-state index in [0.29, 0.717) is 5.41 Å². The maximum Gasteiger partial charge on any atom is 0.142 e. The van der Waals surface area contributed by atoms with Gasteiger partial charge in [0.1, 0.15) is 5.82 Å². The lowest BCUT2D eigenvalue weighted by Crippen LogP contribution is -2.31. The first-order chi connectivity index (χ1) is 10.1. The number of benzene rings is 1. The Balaban J connectivity index is 1.98. The lowest BCUT2D eigenvalue weighted by atomic mass is 9.68. The van der Waals surface area contributed by atoms with Crippen LogP contribution in [0.25, 0.3) is 0 Å². The molecule has 0 N–H and O–H groups in total. The lowest BCUT2D eigenvalue weighted by molar-refractivity contribution is 0.168. The predicted octanol–water partition coefficient (Wildman–Crippen LogP) is 6.78. The van der Waals surface area contributed by atoms with Crippen LogP contribution in [0.3, 0.4) is 0 Å². The zero-order valence-electron chi connectivity index (χ0n) is 12.8. The molecular formula is C18H25BrClF. The summed E-state index contributed by atoms with van der Waals surface area (Å²) in [6.07, 6.45) is 10.1. The maximum atomic E-state index is 13.6. The van der Waals surface area contributed by atoms with Crippen LogP contribution in [0.5, 0.6) is 0 Å². The van der Waals surface area contributed by atoms with E-state index in [4.69, 9.17) is 11.6 Å². The van der Waals surface area contributed by atoms with Crippen LogP contribution in [0.1, 0.15) is 57.4 Å². The van der Waals surface area contributed by atoms with E-state index in [2.05, 4.69) is 22.9 Å². The summed E-state index contributed by atoms with van der Waals surface area (Å²) in [7, 11) is 0. The molecule has 1 aliphatic carbocycles. The Hall–Kier alpha value is -0.0800. The summed E-state index contributed by atoms with van der Waals surface area (Å²) in [5.74, 6) is 0.606. The number of alkyl halides is 1. The van der Waals surface area contributed by atoms with Crippen LogP contribution >= 0.6 is 27.5 Å². The maximum absolute atomic E-state index is 13.6. The van der Waals surface area contributed by atoms with Gasteiger partial charge in [-0.2, -0.15) is 0 Å². The number of hydrogen-bond acceptors (Lipinski definition) is 0. The van der Waals surface area contributed by atoms with Crippen molar-refractivity contribution in [1.29, 1.82) is 0 Å². The van der Waals surface area contributed by atoms with Crippen LogP contribution in [0.15, 0.2) is 18.2 Å². The van der Waals surface area contributed by atoms with Crippen molar-refractivity contribution in [3.63, 3.8) is 0 Å². The topological polar surface area (TPSA) is 0 Å². The Morgan fingerprint density at radius 1 is 1.33 bits per heavy atom. The molecule has 21 heavy (non-hydrogen) atoms. The molecule has 1 aliphatic rings. The van der Waals surface area contributed by atoms with Crippen molar-refractivity contribution in [2.75, 3.05) is 5.33 Å². The highest BCUT2D eigenvalue weighted by Gasteiger charge is 2.34. The molecule has 0 atom stereocenters. The van der Waals surface area contributed by atoms with Crippen LogP contribution in [0.4, 0.5) is 4.39 Å². The minimum absolute atomic E-state index is 0.218. The monoisotopic (exact) mass is 374 g/mol. The van der Waals surface area contributed by atoms with Gasteiger partial charge < -0.3 is 0 Å². The number of halogens is 3. The van der Waals surface area contributed by atoms with E-state index >= 15 is 0 Å². The van der Waals surface area contributed by atoms with Gasteiger partial charge in [0.15, 0.2) is 0 Å². The van der Waals surface area contributed by atoms with Gasteiger partial charge in [0.25, 0.3) is 0 Å². The van der Waals surface area contributed by atoms with Crippen molar-refractivity contribution in [2.45, 2.75) is 58.3 Å². The quantitative estimate of drug-likeness (QED) is 0.480. The third-order valence-electron chi connectivity index (χ3n) is 4.98. The van der Waals surface area contributed by atoms with Gasteiger partial charge in [-0.3, -0.25) is 0 Å². The summed E-state index contributed by atoms with van der Waals surface area (Å²) in [6, 6.07) is 5.26. The molecule has 0 amide bonds. The molecule has 0 nitrogen and oxygen atoms in total. The summed E-state index contributed by atoms with van der Waals surface area (Å²) >= 11 is 9.49. The molecule has 0 spiro atoms. The molecule has 0 radical (unpaired) electrons. The van der Waals surface area contributed by atoms with Crippen molar-refractivity contribution in [1.82, 2.24) is 0 Å². The molecule has 0 aromatic heterocycles. The lowest BCUT2D eigenvalue weighted by Gasteiger charge is -2.39. The standard InChI is InChI=1S/C18H25BrClF/c1-2-3-4-14-7-9-18(13-19,10-8-14)12-15-5-6-16(20)17(21)11-15/h5-6,11,14H,2-4,7-10,12-13H2,1H3. The van der Waals surface area contributed by atoms with Crippen molar-refractivity contribution < 1.29 is 4.39 Å². The molecule has 0 bridgehead atoms. The van der Waals surface area contributed by atoms with Crippen LogP contribution < -0.4 is 0 Å². The first-order valence-corrected chi connectivity index (χ1v) is 9.58. The van der Waals surface area contributed by atoms with Gasteiger partial charge in [-0.1, -0.05) is 59.8 Å². The van der Waals surface area contributed by atoms with Gasteiger partial charge in [0.2, 0.25) is 0 Å². The van der Waals surface area contributed by atoms with E-state index in [1.807, 2.05) is 6.07 Å². The molecule has 0 heterocycles. The summed E-state index contributed by atoms with van der Waals surface area (Å²) in [4.78, 5) is 0. The highest BCUT2D eigenvalue weighted by molar-refractivity contribution is 9.09. The first-order valence-electron chi connectivity index (χ1n) is 8.08. The summed E-state index contributed by atoms with van der Waals surface area (Å²) in [6.45, 7) is 2.26. The molecule has 1 fully saturated rings. The van der Waals surface area contributed by atoms with Gasteiger partial charge in [-0.15, -0.1) is 0 Å². The van der Waals surface area contributed by atoms with Crippen LogP contribution in [0, 0.1) is 17.2 Å². The first kappa shape index (κ1) is 17.3. The molecule has 3 heteroatoms. The van der Waals surface area contributed by atoms with E-state index in [1.165, 1.54) is 44.9 Å². The number of unbranched alkanes of at least 4 members (excludes halogenated alkanes) is 1. The summed E-state index contributed by atoms with van der Waals surface area (Å²) in [5, 5.41) is 1.22. The zero-order valence-corrected chi connectivity index (χ0v) is 15.1. The summed E-state index contributed by atoms with van der Waals surface area (Å²) in [5.41, 5.74) is 1.37. The average molecular weight is 376 g/mol. The second-order valence-corrected chi connectivity index (χ2v) is 7.61. The third-order valence-corrected chi connectivity index (χ3v) is 6.47. The highest BCUT2D eigenvalue weighted by atomic mass is 79.9. The Morgan fingerprint density at radius 2 is 2.05 bits per heavy atom. The van der Waals surface area contributed by atoms with E-state index < -0.39 is 0 Å². The van der Waals surface area contributed by atoms with Gasteiger partial charge in [-0.25, -0.2) is 4.39 Å². The largest absolute Gasteiger partial charge is 0.205 e. The van der Waals surface area contributed by atoms with Crippen LogP contribution in [0.2, 0.25) is 5.02 Å².